The highest BCUT2D eigenvalue weighted by Gasteiger charge is 2.28. The molecule has 2 fully saturated rings. The van der Waals surface area contributed by atoms with E-state index < -0.39 is 0 Å². The predicted octanol–water partition coefficient (Wildman–Crippen LogP) is 0.459. The van der Waals surface area contributed by atoms with Crippen molar-refractivity contribution >= 4 is 0 Å². The lowest BCUT2D eigenvalue weighted by atomic mass is 9.99. The van der Waals surface area contributed by atoms with Gasteiger partial charge < -0.3 is 15.2 Å². The van der Waals surface area contributed by atoms with Crippen molar-refractivity contribution in [1.29, 1.82) is 0 Å². The third-order valence-electron chi connectivity index (χ3n) is 3.53. The standard InChI is InChI=1S/C12H24N2O2/c1-9-5-14(6-10(2)16-9)7-12(13)11-3-4-15-8-11/h9-12H,3-8,13H2,1-2H3/t9-,10+,11?,12?. The van der Waals surface area contributed by atoms with Crippen molar-refractivity contribution in [2.75, 3.05) is 32.8 Å². The van der Waals surface area contributed by atoms with Crippen LogP contribution in [0.3, 0.4) is 0 Å². The Balaban J connectivity index is 1.79. The summed E-state index contributed by atoms with van der Waals surface area (Å²) >= 11 is 0. The second-order valence-electron chi connectivity index (χ2n) is 5.26. The van der Waals surface area contributed by atoms with Gasteiger partial charge in [-0.3, -0.25) is 4.90 Å². The number of hydrogen-bond donors (Lipinski definition) is 1. The summed E-state index contributed by atoms with van der Waals surface area (Å²) in [6, 6.07) is 0.250. The van der Waals surface area contributed by atoms with Crippen LogP contribution in [0.5, 0.6) is 0 Å². The topological polar surface area (TPSA) is 47.7 Å². The molecule has 2 heterocycles. The Labute approximate surface area is 98.1 Å². The Morgan fingerprint density at radius 2 is 2.00 bits per heavy atom. The number of morpholine rings is 1. The van der Waals surface area contributed by atoms with Crippen LogP contribution < -0.4 is 5.73 Å². The molecule has 16 heavy (non-hydrogen) atoms. The molecule has 0 amide bonds. The van der Waals surface area contributed by atoms with Gasteiger partial charge in [-0.05, 0) is 20.3 Å². The van der Waals surface area contributed by atoms with Gasteiger partial charge in [0.2, 0.25) is 0 Å². The van der Waals surface area contributed by atoms with Gasteiger partial charge in [0, 0.05) is 38.2 Å². The van der Waals surface area contributed by atoms with Crippen LogP contribution in [0.1, 0.15) is 20.3 Å². The van der Waals surface area contributed by atoms with Crippen LogP contribution in [-0.2, 0) is 9.47 Å². The second-order valence-corrected chi connectivity index (χ2v) is 5.26. The maximum absolute atomic E-state index is 6.24. The average molecular weight is 228 g/mol. The fourth-order valence-electron chi connectivity index (χ4n) is 2.77. The van der Waals surface area contributed by atoms with E-state index >= 15 is 0 Å². The van der Waals surface area contributed by atoms with Gasteiger partial charge in [-0.25, -0.2) is 0 Å². The van der Waals surface area contributed by atoms with E-state index in [1.54, 1.807) is 0 Å². The molecule has 0 bridgehead atoms. The first-order valence-corrected chi connectivity index (χ1v) is 6.36. The molecule has 2 N–H and O–H groups in total. The third kappa shape index (κ3) is 3.17. The van der Waals surface area contributed by atoms with Gasteiger partial charge >= 0.3 is 0 Å². The zero-order chi connectivity index (χ0) is 11.5. The molecule has 0 spiro atoms. The summed E-state index contributed by atoms with van der Waals surface area (Å²) in [6.45, 7) is 8.98. The van der Waals surface area contributed by atoms with Crippen LogP contribution in [0.4, 0.5) is 0 Å². The van der Waals surface area contributed by atoms with Gasteiger partial charge in [0.1, 0.15) is 0 Å². The average Bonchev–Trinajstić information content (AvgIpc) is 2.68. The van der Waals surface area contributed by atoms with Gasteiger partial charge in [-0.1, -0.05) is 0 Å². The molecule has 94 valence electrons. The lowest BCUT2D eigenvalue weighted by molar-refractivity contribution is -0.0702. The molecule has 0 aromatic heterocycles. The largest absolute Gasteiger partial charge is 0.381 e. The molecule has 0 aromatic rings. The monoisotopic (exact) mass is 228 g/mol. The quantitative estimate of drug-likeness (QED) is 0.762. The van der Waals surface area contributed by atoms with Crippen molar-refractivity contribution in [1.82, 2.24) is 4.90 Å². The SMILES string of the molecule is C[C@@H]1CN(CC(N)C2CCOC2)C[C@H](C)O1. The Bertz CT molecular complexity index is 209. The molecule has 0 aromatic carbocycles. The number of hydrogen-bond acceptors (Lipinski definition) is 4. The first-order chi connectivity index (χ1) is 7.65. The van der Waals surface area contributed by atoms with Gasteiger partial charge in [-0.15, -0.1) is 0 Å². The molecule has 2 unspecified atom stereocenters. The van der Waals surface area contributed by atoms with Crippen molar-refractivity contribution in [3.05, 3.63) is 0 Å². The maximum Gasteiger partial charge on any atom is 0.0678 e. The Morgan fingerprint density at radius 1 is 1.31 bits per heavy atom. The van der Waals surface area contributed by atoms with E-state index in [1.807, 2.05) is 0 Å². The second kappa shape index (κ2) is 5.45. The predicted molar refractivity (Wildman–Crippen MR) is 63.4 cm³/mol. The van der Waals surface area contributed by atoms with E-state index in [9.17, 15) is 0 Å². The van der Waals surface area contributed by atoms with Crippen molar-refractivity contribution in [2.45, 2.75) is 38.5 Å². The van der Waals surface area contributed by atoms with Crippen molar-refractivity contribution in [3.63, 3.8) is 0 Å². The van der Waals surface area contributed by atoms with E-state index in [0.717, 1.165) is 39.3 Å². The minimum Gasteiger partial charge on any atom is -0.381 e. The minimum absolute atomic E-state index is 0.250. The molecular weight excluding hydrogens is 204 g/mol. The fourth-order valence-corrected chi connectivity index (χ4v) is 2.77. The van der Waals surface area contributed by atoms with E-state index in [0.29, 0.717) is 18.1 Å². The van der Waals surface area contributed by atoms with E-state index in [-0.39, 0.29) is 6.04 Å². The molecule has 2 aliphatic heterocycles. The summed E-state index contributed by atoms with van der Waals surface area (Å²) in [5.41, 5.74) is 6.24. The van der Waals surface area contributed by atoms with Crippen molar-refractivity contribution in [2.24, 2.45) is 11.7 Å². The highest BCUT2D eigenvalue weighted by atomic mass is 16.5. The first-order valence-electron chi connectivity index (χ1n) is 6.36. The van der Waals surface area contributed by atoms with Gasteiger partial charge in [0.25, 0.3) is 0 Å². The molecule has 2 saturated heterocycles. The van der Waals surface area contributed by atoms with Gasteiger partial charge in [-0.2, -0.15) is 0 Å². The third-order valence-corrected chi connectivity index (χ3v) is 3.53. The molecule has 0 aliphatic carbocycles. The van der Waals surface area contributed by atoms with E-state index in [1.165, 1.54) is 0 Å². The highest BCUT2D eigenvalue weighted by Crippen LogP contribution is 2.18. The molecule has 2 rings (SSSR count). The highest BCUT2D eigenvalue weighted by molar-refractivity contribution is 4.82. The van der Waals surface area contributed by atoms with Crippen LogP contribution in [0, 0.1) is 5.92 Å². The Hall–Kier alpha value is -0.160. The number of nitrogens with two attached hydrogens (primary N) is 1. The zero-order valence-electron chi connectivity index (χ0n) is 10.4. The minimum atomic E-state index is 0.250. The summed E-state index contributed by atoms with van der Waals surface area (Å²) in [6.07, 6.45) is 1.78. The van der Waals surface area contributed by atoms with Gasteiger partial charge in [0.15, 0.2) is 0 Å². The number of rotatable bonds is 3. The lowest BCUT2D eigenvalue weighted by Crippen LogP contribution is -2.51. The van der Waals surface area contributed by atoms with Crippen LogP contribution in [0.15, 0.2) is 0 Å². The number of nitrogens with zero attached hydrogens (tertiary/aromatic N) is 1. The van der Waals surface area contributed by atoms with Crippen molar-refractivity contribution in [3.8, 4) is 0 Å². The molecule has 2 aliphatic rings. The lowest BCUT2D eigenvalue weighted by Gasteiger charge is -2.37. The van der Waals surface area contributed by atoms with Crippen LogP contribution in [0.2, 0.25) is 0 Å². The van der Waals surface area contributed by atoms with Crippen molar-refractivity contribution < 1.29 is 9.47 Å². The van der Waals surface area contributed by atoms with Crippen LogP contribution in [-0.4, -0.2) is 56.0 Å². The summed E-state index contributed by atoms with van der Waals surface area (Å²) in [5, 5.41) is 0. The normalized spacial score (nSPS) is 38.8. The molecular formula is C12H24N2O2. The van der Waals surface area contributed by atoms with E-state index in [2.05, 4.69) is 18.7 Å². The summed E-state index contributed by atoms with van der Waals surface area (Å²) < 4.78 is 11.1. The molecule has 4 nitrogen and oxygen atoms in total. The smallest absolute Gasteiger partial charge is 0.0678 e. The molecule has 4 atom stereocenters. The molecule has 0 saturated carbocycles. The summed E-state index contributed by atoms with van der Waals surface area (Å²) in [4.78, 5) is 2.43. The number of ether oxygens (including phenoxy) is 2. The van der Waals surface area contributed by atoms with Crippen LogP contribution >= 0.6 is 0 Å². The van der Waals surface area contributed by atoms with Gasteiger partial charge in [0.05, 0.1) is 18.8 Å². The zero-order valence-corrected chi connectivity index (χ0v) is 10.4. The van der Waals surface area contributed by atoms with Crippen LogP contribution in [0.25, 0.3) is 0 Å². The Kier molecular flexibility index (Phi) is 4.19. The summed E-state index contributed by atoms with van der Waals surface area (Å²) in [7, 11) is 0. The van der Waals surface area contributed by atoms with E-state index in [4.69, 9.17) is 15.2 Å². The Morgan fingerprint density at radius 3 is 2.56 bits per heavy atom. The molecule has 4 heteroatoms. The summed E-state index contributed by atoms with van der Waals surface area (Å²) in [5.74, 6) is 0.549. The molecule has 0 radical (unpaired) electrons. The maximum atomic E-state index is 6.24. The fraction of sp³-hybridized carbons (Fsp3) is 1.00. The first kappa shape index (κ1) is 12.3.